The van der Waals surface area contributed by atoms with Gasteiger partial charge in [-0.2, -0.15) is 0 Å². The lowest BCUT2D eigenvalue weighted by Gasteiger charge is -2.37. The van der Waals surface area contributed by atoms with E-state index >= 15 is 0 Å². The second kappa shape index (κ2) is 15.4. The first-order valence-corrected chi connectivity index (χ1v) is 20.1. The molecule has 0 unspecified atom stereocenters. The predicted molar refractivity (Wildman–Crippen MR) is 191 cm³/mol. The molecule has 3 aromatic rings. The molecule has 4 aliphatic rings. The van der Waals surface area contributed by atoms with Crippen LogP contribution < -0.4 is 9.47 Å². The van der Waals surface area contributed by atoms with Crippen LogP contribution in [-0.4, -0.2) is 13.2 Å². The molecule has 0 bridgehead atoms. The summed E-state index contributed by atoms with van der Waals surface area (Å²) in [5.74, 6) is 4.25. The molecule has 2 aromatic carbocycles. The summed E-state index contributed by atoms with van der Waals surface area (Å²) in [6, 6.07) is 8.13. The van der Waals surface area contributed by atoms with Crippen LogP contribution in [0.15, 0.2) is 30.3 Å². The van der Waals surface area contributed by atoms with E-state index in [1.54, 1.807) is 0 Å². The maximum absolute atomic E-state index is 14.3. The molecular weight excluding hydrogens is 626 g/mol. The van der Waals surface area contributed by atoms with Crippen molar-refractivity contribution in [1.29, 1.82) is 0 Å². The van der Waals surface area contributed by atoms with Crippen molar-refractivity contribution in [2.75, 3.05) is 13.2 Å². The van der Waals surface area contributed by atoms with E-state index in [1.165, 1.54) is 114 Å². The third kappa shape index (κ3) is 7.89. The Bertz CT molecular complexity index is 1400. The highest BCUT2D eigenvalue weighted by molar-refractivity contribution is 7.22. The molecule has 1 aromatic heterocycles. The number of halogens is 3. The van der Waals surface area contributed by atoms with Gasteiger partial charge in [0.05, 0.1) is 17.9 Å². The lowest BCUT2D eigenvalue weighted by molar-refractivity contribution is 0.125. The van der Waals surface area contributed by atoms with Gasteiger partial charge in [-0.25, -0.2) is 13.2 Å². The lowest BCUT2D eigenvalue weighted by atomic mass is 9.69. The Morgan fingerprint density at radius 3 is 1.46 bits per heavy atom. The number of rotatable bonds is 9. The Labute approximate surface area is 290 Å². The molecule has 48 heavy (non-hydrogen) atoms. The number of hydrogen-bond acceptors (Lipinski definition) is 3. The van der Waals surface area contributed by atoms with E-state index in [4.69, 9.17) is 9.47 Å². The van der Waals surface area contributed by atoms with E-state index < -0.39 is 17.5 Å². The van der Waals surface area contributed by atoms with E-state index in [-0.39, 0.29) is 0 Å². The van der Waals surface area contributed by atoms with Crippen LogP contribution in [0.5, 0.6) is 11.5 Å². The first-order valence-electron chi connectivity index (χ1n) is 19.3. The Morgan fingerprint density at radius 1 is 0.562 bits per heavy atom. The normalized spacial score (nSPS) is 31.5. The van der Waals surface area contributed by atoms with Crippen LogP contribution >= 0.6 is 11.3 Å². The standard InChI is InChI=1S/C42H55F3O2S/c1-26-3-11-30(12-4-26)32-15-7-28(8-16-32)24-46-38-19-20-39(42-35(38)23-40(48-42)34-21-36(43)41(45)37(44)22-34)47-25-29-9-17-33(18-10-29)31-13-5-27(2)6-14-31/h19-23,26-33H,3-18,24-25H2,1-2H3. The number of thiophene rings is 1. The Hall–Kier alpha value is -2.21. The number of ether oxygens (including phenoxy) is 2. The minimum absolute atomic E-state index is 0.329. The van der Waals surface area contributed by atoms with Crippen LogP contribution in [0, 0.1) is 64.8 Å². The molecule has 262 valence electrons. The zero-order valence-corrected chi connectivity index (χ0v) is 29.9. The summed E-state index contributed by atoms with van der Waals surface area (Å²) in [5, 5.41) is 0.901. The second-order valence-corrected chi connectivity index (χ2v) is 17.4. The second-order valence-electron chi connectivity index (χ2n) is 16.4. The molecule has 4 saturated carbocycles. The smallest absolute Gasteiger partial charge is 0.194 e. The van der Waals surface area contributed by atoms with E-state index in [9.17, 15) is 13.2 Å². The van der Waals surface area contributed by atoms with Crippen LogP contribution in [-0.2, 0) is 0 Å². The highest BCUT2D eigenvalue weighted by Gasteiger charge is 2.32. The molecule has 2 nitrogen and oxygen atoms in total. The van der Waals surface area contributed by atoms with Crippen molar-refractivity contribution < 1.29 is 22.6 Å². The molecule has 0 amide bonds. The summed E-state index contributed by atoms with van der Waals surface area (Å²) in [4.78, 5) is 0.674. The number of fused-ring (bicyclic) bond motifs is 1. The van der Waals surface area contributed by atoms with E-state index in [2.05, 4.69) is 13.8 Å². The number of hydrogen-bond donors (Lipinski definition) is 0. The van der Waals surface area contributed by atoms with Crippen LogP contribution in [0.3, 0.4) is 0 Å². The van der Waals surface area contributed by atoms with Crippen molar-refractivity contribution >= 4 is 21.4 Å². The van der Waals surface area contributed by atoms with Gasteiger partial charge < -0.3 is 9.47 Å². The summed E-state index contributed by atoms with van der Waals surface area (Å²) in [7, 11) is 0. The highest BCUT2D eigenvalue weighted by atomic mass is 32.1. The summed E-state index contributed by atoms with van der Waals surface area (Å²) in [6.45, 7) is 6.16. The highest BCUT2D eigenvalue weighted by Crippen LogP contribution is 2.46. The van der Waals surface area contributed by atoms with Gasteiger partial charge >= 0.3 is 0 Å². The zero-order valence-electron chi connectivity index (χ0n) is 29.1. The van der Waals surface area contributed by atoms with Gasteiger partial charge in [-0.05, 0) is 160 Å². The molecule has 7 rings (SSSR count). The molecule has 0 aliphatic heterocycles. The summed E-state index contributed by atoms with van der Waals surface area (Å²) in [5.41, 5.74) is 0.329. The van der Waals surface area contributed by atoms with Crippen molar-refractivity contribution in [3.05, 3.63) is 47.8 Å². The molecular formula is C42H55F3O2S. The topological polar surface area (TPSA) is 18.5 Å². The van der Waals surface area contributed by atoms with Gasteiger partial charge in [0, 0.05) is 10.3 Å². The van der Waals surface area contributed by atoms with Gasteiger partial charge in [0.25, 0.3) is 0 Å². The van der Waals surface area contributed by atoms with Crippen molar-refractivity contribution in [2.24, 2.45) is 47.3 Å². The minimum Gasteiger partial charge on any atom is -0.493 e. The van der Waals surface area contributed by atoms with Crippen molar-refractivity contribution in [1.82, 2.24) is 0 Å². The van der Waals surface area contributed by atoms with Crippen molar-refractivity contribution in [2.45, 2.75) is 117 Å². The summed E-state index contributed by atoms with van der Waals surface area (Å²) < 4.78 is 56.3. The van der Waals surface area contributed by atoms with Crippen molar-refractivity contribution in [3.63, 3.8) is 0 Å². The van der Waals surface area contributed by atoms with Gasteiger partial charge in [-0.1, -0.05) is 39.5 Å². The van der Waals surface area contributed by atoms with Gasteiger partial charge in [0.1, 0.15) is 11.5 Å². The first-order chi connectivity index (χ1) is 23.3. The van der Waals surface area contributed by atoms with Gasteiger partial charge in [0.15, 0.2) is 17.5 Å². The predicted octanol–water partition coefficient (Wildman–Crippen LogP) is 13.0. The average molecular weight is 681 g/mol. The Kier molecular flexibility index (Phi) is 11.0. The quantitative estimate of drug-likeness (QED) is 0.209. The largest absolute Gasteiger partial charge is 0.493 e. The maximum atomic E-state index is 14.3. The molecule has 1 heterocycles. The minimum atomic E-state index is -1.44. The zero-order chi connectivity index (χ0) is 33.2. The molecule has 4 fully saturated rings. The fourth-order valence-corrected chi connectivity index (χ4v) is 10.9. The van der Waals surface area contributed by atoms with E-state index in [0.717, 1.165) is 69.2 Å². The molecule has 0 spiro atoms. The Morgan fingerprint density at radius 2 is 0.979 bits per heavy atom. The van der Waals surface area contributed by atoms with Crippen LogP contribution in [0.1, 0.15) is 117 Å². The van der Waals surface area contributed by atoms with E-state index in [1.807, 2.05) is 18.2 Å². The molecule has 0 N–H and O–H groups in total. The molecule has 0 saturated heterocycles. The fraction of sp³-hybridized carbons (Fsp3) is 0.667. The van der Waals surface area contributed by atoms with Gasteiger partial charge in [-0.3, -0.25) is 0 Å². The summed E-state index contributed by atoms with van der Waals surface area (Å²) in [6.07, 6.45) is 21.3. The number of benzene rings is 2. The monoisotopic (exact) mass is 680 g/mol. The van der Waals surface area contributed by atoms with Crippen LogP contribution in [0.4, 0.5) is 13.2 Å². The fourth-order valence-electron chi connectivity index (χ4n) is 9.74. The average Bonchev–Trinajstić information content (AvgIpc) is 3.56. The maximum Gasteiger partial charge on any atom is 0.194 e. The first kappa shape index (κ1) is 34.2. The van der Waals surface area contributed by atoms with Gasteiger partial charge in [-0.15, -0.1) is 11.3 Å². The van der Waals surface area contributed by atoms with E-state index in [0.29, 0.717) is 35.5 Å². The molecule has 0 atom stereocenters. The molecule has 4 aliphatic carbocycles. The lowest BCUT2D eigenvalue weighted by Crippen LogP contribution is -2.27. The Balaban J connectivity index is 1.02. The van der Waals surface area contributed by atoms with Crippen LogP contribution in [0.25, 0.3) is 20.5 Å². The SMILES string of the molecule is CC1CCC(C2CCC(COc3ccc(OCC4CCC(C5CCC(C)CC5)CC4)c4sc(-c5cc(F)c(F)c(F)c5)cc34)CC2)CC1. The molecule has 6 heteroatoms. The van der Waals surface area contributed by atoms with Crippen molar-refractivity contribution in [3.8, 4) is 21.9 Å². The van der Waals surface area contributed by atoms with Gasteiger partial charge in [0.2, 0.25) is 0 Å². The van der Waals surface area contributed by atoms with Crippen LogP contribution in [0.2, 0.25) is 0 Å². The third-order valence-corrected chi connectivity index (χ3v) is 14.3. The summed E-state index contributed by atoms with van der Waals surface area (Å²) >= 11 is 1.44. The third-order valence-electron chi connectivity index (χ3n) is 13.1. The molecule has 0 radical (unpaired) electrons.